The molecule has 1 aliphatic heterocycles. The molecule has 1 aliphatic rings. The molecule has 1 fully saturated rings. The molecule has 1 heterocycles. The number of hydrogen-bond donors (Lipinski definition) is 2. The molecule has 0 radical (unpaired) electrons. The Morgan fingerprint density at radius 3 is 2.59 bits per heavy atom. The topological polar surface area (TPSA) is 66.6 Å². The molecule has 3 unspecified atom stereocenters. The van der Waals surface area contributed by atoms with Crippen molar-refractivity contribution in [1.82, 2.24) is 4.90 Å². The number of nitrogens with zero attached hydrogens (tertiary/aromatic N) is 1. The molecule has 3 atom stereocenters. The summed E-state index contributed by atoms with van der Waals surface area (Å²) in [7, 11) is 0. The summed E-state index contributed by atoms with van der Waals surface area (Å²) >= 11 is 0. The van der Waals surface area contributed by atoms with Crippen LogP contribution in [0.25, 0.3) is 0 Å². The van der Waals surface area contributed by atoms with Gasteiger partial charge in [-0.3, -0.25) is 4.79 Å². The number of hydrogen-bond acceptors (Lipinski definition) is 3. The Balaban J connectivity index is 2.04. The van der Waals surface area contributed by atoms with Gasteiger partial charge in [-0.05, 0) is 48.9 Å². The molecule has 0 aliphatic carbocycles. The van der Waals surface area contributed by atoms with E-state index in [0.717, 1.165) is 6.42 Å². The molecule has 122 valence electrons. The van der Waals surface area contributed by atoms with Crippen molar-refractivity contribution < 1.29 is 14.3 Å². The van der Waals surface area contributed by atoms with Crippen LogP contribution in [-0.2, 0) is 0 Å². The predicted molar refractivity (Wildman–Crippen MR) is 83.8 cm³/mol. The van der Waals surface area contributed by atoms with Gasteiger partial charge in [0.25, 0.3) is 5.91 Å². The van der Waals surface area contributed by atoms with Crippen LogP contribution in [0.1, 0.15) is 37.0 Å². The number of carbonyl (C=O) groups is 1. The summed E-state index contributed by atoms with van der Waals surface area (Å²) in [4.78, 5) is 14.2. The third-order valence-corrected chi connectivity index (χ3v) is 4.29. The number of aliphatic hydroxyl groups is 1. The fourth-order valence-electron chi connectivity index (χ4n) is 2.97. The second-order valence-electron chi connectivity index (χ2n) is 6.63. The average molecular weight is 308 g/mol. The van der Waals surface area contributed by atoms with E-state index < -0.39 is 0 Å². The predicted octanol–water partition coefficient (Wildman–Crippen LogP) is 2.02. The van der Waals surface area contributed by atoms with Gasteiger partial charge in [0, 0.05) is 24.7 Å². The molecule has 1 amide bonds. The molecule has 1 saturated heterocycles. The van der Waals surface area contributed by atoms with Crippen LogP contribution in [0.3, 0.4) is 0 Å². The third-order valence-electron chi connectivity index (χ3n) is 4.29. The van der Waals surface area contributed by atoms with Crippen molar-refractivity contribution in [3.63, 3.8) is 0 Å². The summed E-state index contributed by atoms with van der Waals surface area (Å²) < 4.78 is 13.0. The average Bonchev–Trinajstić information content (AvgIpc) is 2.46. The SMILES string of the molecule is CC(C)C(O)CC1CC(N)CN(C(=O)c2ccc(F)cc2)C1. The highest BCUT2D eigenvalue weighted by Gasteiger charge is 2.30. The Morgan fingerprint density at radius 2 is 2.00 bits per heavy atom. The Morgan fingerprint density at radius 1 is 1.36 bits per heavy atom. The van der Waals surface area contributed by atoms with Crippen LogP contribution < -0.4 is 5.73 Å². The molecule has 4 nitrogen and oxygen atoms in total. The first-order valence-electron chi connectivity index (χ1n) is 7.85. The van der Waals surface area contributed by atoms with Crippen LogP contribution in [0.2, 0.25) is 0 Å². The monoisotopic (exact) mass is 308 g/mol. The number of halogens is 1. The van der Waals surface area contributed by atoms with Crippen molar-refractivity contribution in [1.29, 1.82) is 0 Å². The summed E-state index contributed by atoms with van der Waals surface area (Å²) in [5.41, 5.74) is 6.54. The van der Waals surface area contributed by atoms with Gasteiger partial charge in [-0.15, -0.1) is 0 Å². The molecule has 0 spiro atoms. The minimum absolute atomic E-state index is 0.0810. The molecule has 1 aromatic carbocycles. The fraction of sp³-hybridized carbons (Fsp3) is 0.588. The van der Waals surface area contributed by atoms with Crippen molar-refractivity contribution in [3.8, 4) is 0 Å². The normalized spacial score (nSPS) is 23.6. The van der Waals surface area contributed by atoms with E-state index in [1.807, 2.05) is 13.8 Å². The van der Waals surface area contributed by atoms with Crippen LogP contribution in [0.4, 0.5) is 4.39 Å². The maximum absolute atomic E-state index is 13.0. The van der Waals surface area contributed by atoms with E-state index in [0.29, 0.717) is 25.1 Å². The van der Waals surface area contributed by atoms with Crippen LogP contribution in [0.5, 0.6) is 0 Å². The summed E-state index contributed by atoms with van der Waals surface area (Å²) in [6.07, 6.45) is 1.09. The zero-order chi connectivity index (χ0) is 16.3. The molecule has 0 aromatic heterocycles. The van der Waals surface area contributed by atoms with E-state index in [1.54, 1.807) is 4.90 Å². The zero-order valence-electron chi connectivity index (χ0n) is 13.2. The smallest absolute Gasteiger partial charge is 0.253 e. The Kier molecular flexibility index (Phi) is 5.53. The van der Waals surface area contributed by atoms with Gasteiger partial charge in [0.15, 0.2) is 0 Å². The number of nitrogens with two attached hydrogens (primary N) is 1. The second kappa shape index (κ2) is 7.20. The van der Waals surface area contributed by atoms with E-state index in [4.69, 9.17) is 5.73 Å². The van der Waals surface area contributed by atoms with Crippen molar-refractivity contribution in [3.05, 3.63) is 35.6 Å². The van der Waals surface area contributed by atoms with Crippen LogP contribution in [-0.4, -0.2) is 41.1 Å². The quantitative estimate of drug-likeness (QED) is 0.894. The van der Waals surface area contributed by atoms with E-state index >= 15 is 0 Å². The first-order valence-corrected chi connectivity index (χ1v) is 7.85. The standard InChI is InChI=1S/C17H25FN2O2/c1-11(2)16(21)8-12-7-15(19)10-20(9-12)17(22)13-3-5-14(18)6-4-13/h3-6,11-12,15-16,21H,7-10,19H2,1-2H3. The van der Waals surface area contributed by atoms with E-state index in [9.17, 15) is 14.3 Å². The number of carbonyl (C=O) groups excluding carboxylic acids is 1. The van der Waals surface area contributed by atoms with Crippen LogP contribution in [0, 0.1) is 17.7 Å². The van der Waals surface area contributed by atoms with Gasteiger partial charge in [0.1, 0.15) is 5.82 Å². The van der Waals surface area contributed by atoms with Gasteiger partial charge in [0.2, 0.25) is 0 Å². The molecule has 5 heteroatoms. The summed E-state index contributed by atoms with van der Waals surface area (Å²) in [6.45, 7) is 5.06. The first-order chi connectivity index (χ1) is 10.4. The van der Waals surface area contributed by atoms with Gasteiger partial charge in [-0.1, -0.05) is 13.8 Å². The van der Waals surface area contributed by atoms with Crippen molar-refractivity contribution in [2.45, 2.75) is 38.8 Å². The minimum atomic E-state index is -0.377. The Bertz CT molecular complexity index is 504. The molecule has 2 rings (SSSR count). The molecule has 0 saturated carbocycles. The van der Waals surface area contributed by atoms with Gasteiger partial charge < -0.3 is 15.7 Å². The van der Waals surface area contributed by atoms with Crippen LogP contribution in [0.15, 0.2) is 24.3 Å². The highest BCUT2D eigenvalue weighted by atomic mass is 19.1. The third kappa shape index (κ3) is 4.27. The molecule has 1 aromatic rings. The van der Waals surface area contributed by atoms with Crippen LogP contribution >= 0.6 is 0 Å². The summed E-state index contributed by atoms with van der Waals surface area (Å²) in [5, 5.41) is 10.1. The lowest BCUT2D eigenvalue weighted by Crippen LogP contribution is -2.50. The Labute approximate surface area is 131 Å². The number of rotatable bonds is 4. The van der Waals surface area contributed by atoms with Gasteiger partial charge in [-0.2, -0.15) is 0 Å². The van der Waals surface area contributed by atoms with Crippen molar-refractivity contribution >= 4 is 5.91 Å². The van der Waals surface area contributed by atoms with Crippen molar-refractivity contribution in [2.24, 2.45) is 17.6 Å². The highest BCUT2D eigenvalue weighted by Crippen LogP contribution is 2.24. The molecular formula is C17H25FN2O2. The van der Waals surface area contributed by atoms with E-state index in [2.05, 4.69) is 0 Å². The maximum atomic E-state index is 13.0. The van der Waals surface area contributed by atoms with Crippen molar-refractivity contribution in [2.75, 3.05) is 13.1 Å². The number of amides is 1. The Hall–Kier alpha value is -1.46. The van der Waals surface area contributed by atoms with E-state index in [-0.39, 0.29) is 35.7 Å². The van der Waals surface area contributed by atoms with E-state index in [1.165, 1.54) is 24.3 Å². The lowest BCUT2D eigenvalue weighted by molar-refractivity contribution is 0.0500. The zero-order valence-corrected chi connectivity index (χ0v) is 13.2. The number of benzene rings is 1. The summed E-state index contributed by atoms with van der Waals surface area (Å²) in [5.74, 6) is -0.0889. The second-order valence-corrected chi connectivity index (χ2v) is 6.63. The van der Waals surface area contributed by atoms with Gasteiger partial charge in [0.05, 0.1) is 6.10 Å². The number of likely N-dealkylation sites (tertiary alicyclic amines) is 1. The minimum Gasteiger partial charge on any atom is -0.393 e. The number of piperidine rings is 1. The highest BCUT2D eigenvalue weighted by molar-refractivity contribution is 5.94. The first kappa shape index (κ1) is 16.9. The largest absolute Gasteiger partial charge is 0.393 e. The number of aliphatic hydroxyl groups excluding tert-OH is 1. The van der Waals surface area contributed by atoms with Gasteiger partial charge >= 0.3 is 0 Å². The molecule has 0 bridgehead atoms. The fourth-order valence-corrected chi connectivity index (χ4v) is 2.97. The summed E-state index contributed by atoms with van der Waals surface area (Å²) in [6, 6.07) is 5.49. The molecule has 3 N–H and O–H groups in total. The maximum Gasteiger partial charge on any atom is 0.253 e. The van der Waals surface area contributed by atoms with Gasteiger partial charge in [-0.25, -0.2) is 4.39 Å². The lowest BCUT2D eigenvalue weighted by Gasteiger charge is -2.37. The molecule has 22 heavy (non-hydrogen) atoms. The lowest BCUT2D eigenvalue weighted by atomic mass is 9.87. The molecular weight excluding hydrogens is 283 g/mol.